The molecule has 0 saturated heterocycles. The van der Waals surface area contributed by atoms with E-state index in [0.29, 0.717) is 12.8 Å². The van der Waals surface area contributed by atoms with Crippen LogP contribution in [0, 0.1) is 21.7 Å². The molecule has 0 aliphatic carbocycles. The number of hydrogen-bond acceptors (Lipinski definition) is 4. The molecular weight excluding hydrogens is 488 g/mol. The topological polar surface area (TPSA) is 74.6 Å². The SMILES string of the molecule is CC1(C)C=C(/C=C\C2=CC(C)(C)C=C(CCCC(C)(C)C(=O)O)S2)SC(CCCC(C)(C)C(=O)O)=C1. The molecule has 0 fully saturated rings. The molecule has 4 nitrogen and oxygen atoms in total. The highest BCUT2D eigenvalue weighted by Crippen LogP contribution is 2.44. The summed E-state index contributed by atoms with van der Waals surface area (Å²) in [6, 6.07) is 0. The molecule has 0 radical (unpaired) electrons. The first-order valence-corrected chi connectivity index (χ1v) is 14.4. The Morgan fingerprint density at radius 3 is 1.36 bits per heavy atom. The maximum absolute atomic E-state index is 11.4. The van der Waals surface area contributed by atoms with E-state index in [2.05, 4.69) is 64.2 Å². The van der Waals surface area contributed by atoms with Crippen molar-refractivity contribution in [2.24, 2.45) is 21.7 Å². The van der Waals surface area contributed by atoms with E-state index in [0.717, 1.165) is 25.7 Å². The minimum absolute atomic E-state index is 0.0437. The average Bonchev–Trinajstić information content (AvgIpc) is 2.69. The van der Waals surface area contributed by atoms with Gasteiger partial charge in [0.1, 0.15) is 0 Å². The van der Waals surface area contributed by atoms with Crippen molar-refractivity contribution in [2.75, 3.05) is 0 Å². The largest absolute Gasteiger partial charge is 0.481 e. The molecule has 0 saturated carbocycles. The Hall–Kier alpha value is -1.66. The number of carbonyl (C=O) groups is 2. The molecule has 0 aromatic heterocycles. The van der Waals surface area contributed by atoms with Crippen molar-refractivity contribution in [3.63, 3.8) is 0 Å². The summed E-state index contributed by atoms with van der Waals surface area (Å²) in [5.41, 5.74) is -1.48. The fraction of sp³-hybridized carbons (Fsp3) is 0.600. The van der Waals surface area contributed by atoms with E-state index in [4.69, 9.17) is 0 Å². The smallest absolute Gasteiger partial charge is 0.309 e. The number of carboxylic acid groups (broad SMARTS) is 2. The molecule has 0 aromatic rings. The molecule has 2 aliphatic rings. The van der Waals surface area contributed by atoms with Gasteiger partial charge in [0.15, 0.2) is 0 Å². The zero-order valence-corrected chi connectivity index (χ0v) is 24.9. The molecule has 0 bridgehead atoms. The molecule has 2 rings (SSSR count). The van der Waals surface area contributed by atoms with E-state index in [-0.39, 0.29) is 10.8 Å². The van der Waals surface area contributed by atoms with Crippen LogP contribution in [0.25, 0.3) is 0 Å². The standard InChI is InChI=1S/C30H44O4S2/c1-27(2)17-21(11-9-15-29(5,6)25(31)32)35-23(19-27)13-14-24-20-28(3,4)18-22(36-24)12-10-16-30(7,8)26(33)34/h13-14,17-20H,9-12,15-16H2,1-8H3,(H,31,32)(H,33,34)/b14-13-. The summed E-state index contributed by atoms with van der Waals surface area (Å²) in [7, 11) is 0. The first-order valence-electron chi connectivity index (χ1n) is 12.8. The lowest BCUT2D eigenvalue weighted by Gasteiger charge is -2.27. The number of rotatable bonds is 12. The van der Waals surface area contributed by atoms with E-state index in [1.807, 2.05) is 0 Å². The van der Waals surface area contributed by atoms with Gasteiger partial charge in [0, 0.05) is 20.6 Å². The van der Waals surface area contributed by atoms with Gasteiger partial charge in [0.25, 0.3) is 0 Å². The summed E-state index contributed by atoms with van der Waals surface area (Å²) in [5, 5.41) is 18.8. The zero-order valence-electron chi connectivity index (χ0n) is 23.2. The Bertz CT molecular complexity index is 924. The van der Waals surface area contributed by atoms with E-state index in [9.17, 15) is 19.8 Å². The molecule has 0 atom stereocenters. The molecule has 2 N–H and O–H groups in total. The second kappa shape index (κ2) is 11.8. The minimum atomic E-state index is -0.739. The third-order valence-electron chi connectivity index (χ3n) is 6.61. The Kier molecular flexibility index (Phi) is 10.0. The maximum atomic E-state index is 11.4. The van der Waals surface area contributed by atoms with Crippen LogP contribution in [0.2, 0.25) is 0 Å². The van der Waals surface area contributed by atoms with E-state index < -0.39 is 22.8 Å². The lowest BCUT2D eigenvalue weighted by Crippen LogP contribution is -2.23. The zero-order chi connectivity index (χ0) is 27.4. The van der Waals surface area contributed by atoms with Crippen LogP contribution >= 0.6 is 23.5 Å². The third kappa shape index (κ3) is 9.66. The normalized spacial score (nSPS) is 19.9. The highest BCUT2D eigenvalue weighted by atomic mass is 32.2. The number of allylic oxidation sites excluding steroid dienone is 8. The van der Waals surface area contributed by atoms with Crippen LogP contribution in [0.3, 0.4) is 0 Å². The number of aliphatic carboxylic acids is 2. The second-order valence-corrected chi connectivity index (χ2v) is 15.0. The van der Waals surface area contributed by atoms with Gasteiger partial charge in [-0.2, -0.15) is 0 Å². The first kappa shape index (κ1) is 30.6. The van der Waals surface area contributed by atoms with Gasteiger partial charge < -0.3 is 10.2 Å². The lowest BCUT2D eigenvalue weighted by molar-refractivity contribution is -0.148. The van der Waals surface area contributed by atoms with Crippen LogP contribution in [0.5, 0.6) is 0 Å². The van der Waals surface area contributed by atoms with Crippen molar-refractivity contribution in [1.82, 2.24) is 0 Å². The van der Waals surface area contributed by atoms with Crippen molar-refractivity contribution in [1.29, 1.82) is 0 Å². The number of thioether (sulfide) groups is 2. The molecule has 0 unspecified atom stereocenters. The van der Waals surface area contributed by atoms with E-state index in [1.165, 1.54) is 19.6 Å². The highest BCUT2D eigenvalue weighted by molar-refractivity contribution is 8.07. The Morgan fingerprint density at radius 1 is 0.722 bits per heavy atom. The highest BCUT2D eigenvalue weighted by Gasteiger charge is 2.28. The molecular formula is C30H44O4S2. The molecule has 200 valence electrons. The summed E-state index contributed by atoms with van der Waals surface area (Å²) in [6.07, 6.45) is 18.4. The fourth-order valence-electron chi connectivity index (χ4n) is 4.26. The fourth-order valence-corrected chi connectivity index (χ4v) is 7.09. The summed E-state index contributed by atoms with van der Waals surface area (Å²) >= 11 is 3.57. The molecule has 6 heteroatoms. The summed E-state index contributed by atoms with van der Waals surface area (Å²) in [5.74, 6) is -1.48. The van der Waals surface area contributed by atoms with Crippen molar-refractivity contribution in [2.45, 2.75) is 93.9 Å². The summed E-state index contributed by atoms with van der Waals surface area (Å²) in [6.45, 7) is 16.0. The van der Waals surface area contributed by atoms with Crippen LogP contribution in [-0.4, -0.2) is 22.2 Å². The first-order chi connectivity index (χ1) is 16.4. The molecule has 0 aromatic carbocycles. The van der Waals surface area contributed by atoms with Gasteiger partial charge in [-0.1, -0.05) is 75.5 Å². The summed E-state index contributed by atoms with van der Waals surface area (Å²) < 4.78 is 0. The molecule has 36 heavy (non-hydrogen) atoms. The van der Waals surface area contributed by atoms with Crippen molar-refractivity contribution < 1.29 is 19.8 Å². The van der Waals surface area contributed by atoms with Gasteiger partial charge in [-0.25, -0.2) is 0 Å². The molecule has 2 heterocycles. The predicted octanol–water partition coefficient (Wildman–Crippen LogP) is 9.19. The van der Waals surface area contributed by atoms with Gasteiger partial charge in [-0.05, 0) is 88.2 Å². The molecule has 0 amide bonds. The number of carboxylic acids is 2. The Balaban J connectivity index is 2.01. The quantitative estimate of drug-likeness (QED) is 0.261. The van der Waals surface area contributed by atoms with E-state index in [1.54, 1.807) is 51.2 Å². The minimum Gasteiger partial charge on any atom is -0.481 e. The lowest BCUT2D eigenvalue weighted by atomic mass is 9.86. The maximum Gasteiger partial charge on any atom is 0.309 e. The van der Waals surface area contributed by atoms with Gasteiger partial charge in [-0.3, -0.25) is 9.59 Å². The van der Waals surface area contributed by atoms with Gasteiger partial charge in [-0.15, -0.1) is 0 Å². The predicted molar refractivity (Wildman–Crippen MR) is 155 cm³/mol. The Labute approximate surface area is 226 Å². The second-order valence-electron chi connectivity index (χ2n) is 12.6. The van der Waals surface area contributed by atoms with Crippen LogP contribution in [0.1, 0.15) is 93.9 Å². The van der Waals surface area contributed by atoms with Gasteiger partial charge in [0.2, 0.25) is 0 Å². The average molecular weight is 533 g/mol. The van der Waals surface area contributed by atoms with E-state index >= 15 is 0 Å². The number of hydrogen-bond donors (Lipinski definition) is 2. The van der Waals surface area contributed by atoms with Crippen molar-refractivity contribution >= 4 is 35.5 Å². The molecule has 2 aliphatic heterocycles. The van der Waals surface area contributed by atoms with Crippen LogP contribution in [0.4, 0.5) is 0 Å². The Morgan fingerprint density at radius 2 is 1.06 bits per heavy atom. The molecule has 0 spiro atoms. The third-order valence-corrected chi connectivity index (χ3v) is 8.76. The van der Waals surface area contributed by atoms with Gasteiger partial charge in [0.05, 0.1) is 10.8 Å². The van der Waals surface area contributed by atoms with Crippen molar-refractivity contribution in [3.8, 4) is 0 Å². The van der Waals surface area contributed by atoms with Crippen molar-refractivity contribution in [3.05, 3.63) is 56.1 Å². The summed E-state index contributed by atoms with van der Waals surface area (Å²) in [4.78, 5) is 27.9. The van der Waals surface area contributed by atoms with Gasteiger partial charge >= 0.3 is 11.9 Å². The van der Waals surface area contributed by atoms with Crippen LogP contribution in [-0.2, 0) is 9.59 Å². The monoisotopic (exact) mass is 532 g/mol. The van der Waals surface area contributed by atoms with Crippen LogP contribution in [0.15, 0.2) is 56.1 Å². The van der Waals surface area contributed by atoms with Crippen LogP contribution < -0.4 is 0 Å².